The molecule has 0 aliphatic carbocycles. The van der Waals surface area contributed by atoms with Gasteiger partial charge < -0.3 is 9.47 Å². The Kier molecular flexibility index (Phi) is 13.5. The molecule has 0 aromatic heterocycles. The first-order valence-electron chi connectivity index (χ1n) is 11.4. The molecule has 32 heavy (non-hydrogen) atoms. The molecule has 0 bridgehead atoms. The Hall–Kier alpha value is -2.81. The van der Waals surface area contributed by atoms with Gasteiger partial charge in [0, 0.05) is 0 Å². The van der Waals surface area contributed by atoms with Gasteiger partial charge in [0.2, 0.25) is 0 Å². The zero-order valence-corrected chi connectivity index (χ0v) is 20.7. The Labute approximate surface area is 195 Å². The van der Waals surface area contributed by atoms with E-state index in [0.29, 0.717) is 24.7 Å². The maximum absolute atomic E-state index is 10.7. The van der Waals surface area contributed by atoms with Crippen molar-refractivity contribution in [3.8, 4) is 11.5 Å². The lowest BCUT2D eigenvalue weighted by Gasteiger charge is -2.12. The van der Waals surface area contributed by atoms with E-state index in [9.17, 15) is 4.79 Å². The first-order valence-corrected chi connectivity index (χ1v) is 11.4. The van der Waals surface area contributed by atoms with E-state index in [0.717, 1.165) is 37.5 Å². The van der Waals surface area contributed by atoms with Gasteiger partial charge in [-0.15, -0.1) is 0 Å². The molecule has 0 spiro atoms. The van der Waals surface area contributed by atoms with Crippen LogP contribution in [0.15, 0.2) is 70.9 Å². The highest BCUT2D eigenvalue weighted by Gasteiger charge is 2.06. The fourth-order valence-electron chi connectivity index (χ4n) is 2.94. The molecule has 0 amide bonds. The lowest BCUT2D eigenvalue weighted by Crippen LogP contribution is -2.01. The van der Waals surface area contributed by atoms with Gasteiger partial charge in [-0.05, 0) is 103 Å². The smallest absolute Gasteiger partial charge is 0.162 e. The topological polar surface area (TPSA) is 35.5 Å². The molecule has 0 radical (unpaired) electrons. The van der Waals surface area contributed by atoms with Gasteiger partial charge in [-0.3, -0.25) is 4.79 Å². The van der Waals surface area contributed by atoms with Gasteiger partial charge in [0.25, 0.3) is 0 Å². The molecule has 174 valence electrons. The van der Waals surface area contributed by atoms with Crippen LogP contribution in [0.4, 0.5) is 0 Å². The molecular weight excluding hydrogens is 396 g/mol. The van der Waals surface area contributed by atoms with Crippen molar-refractivity contribution in [1.82, 2.24) is 0 Å². The van der Waals surface area contributed by atoms with Crippen LogP contribution in [-0.2, 0) is 4.79 Å². The largest absolute Gasteiger partial charge is 0.486 e. The van der Waals surface area contributed by atoms with E-state index in [1.807, 2.05) is 18.2 Å². The monoisotopic (exact) mass is 436 g/mol. The second-order valence-electron chi connectivity index (χ2n) is 8.56. The van der Waals surface area contributed by atoms with E-state index in [4.69, 9.17) is 9.47 Å². The Balaban J connectivity index is 2.79. The van der Waals surface area contributed by atoms with E-state index in [-0.39, 0.29) is 0 Å². The van der Waals surface area contributed by atoms with Crippen molar-refractivity contribution in [2.24, 2.45) is 0 Å². The molecule has 0 unspecified atom stereocenters. The zero-order chi connectivity index (χ0) is 23.8. The summed E-state index contributed by atoms with van der Waals surface area (Å²) in [7, 11) is 0. The fraction of sp³-hybridized carbons (Fsp3) is 0.414. The van der Waals surface area contributed by atoms with Gasteiger partial charge in [0.15, 0.2) is 11.5 Å². The van der Waals surface area contributed by atoms with Gasteiger partial charge >= 0.3 is 0 Å². The van der Waals surface area contributed by atoms with Crippen LogP contribution in [0.2, 0.25) is 0 Å². The number of allylic oxidation sites excluding steroid dienone is 7. The van der Waals surface area contributed by atoms with Crippen LogP contribution in [0.5, 0.6) is 11.5 Å². The molecule has 0 atom stereocenters. The highest BCUT2D eigenvalue weighted by atomic mass is 16.5. The number of rotatable bonds is 14. The fourth-order valence-corrected chi connectivity index (χ4v) is 2.94. The van der Waals surface area contributed by atoms with Crippen LogP contribution in [-0.4, -0.2) is 19.5 Å². The lowest BCUT2D eigenvalue weighted by molar-refractivity contribution is -0.104. The Bertz CT molecular complexity index is 858. The van der Waals surface area contributed by atoms with Crippen LogP contribution in [0.25, 0.3) is 6.08 Å². The summed E-state index contributed by atoms with van der Waals surface area (Å²) in [6.45, 7) is 13.7. The van der Waals surface area contributed by atoms with Crippen LogP contribution in [0.3, 0.4) is 0 Å². The number of hydrogen-bond donors (Lipinski definition) is 0. The molecule has 0 fully saturated rings. The lowest BCUT2D eigenvalue weighted by atomic mass is 10.1. The minimum atomic E-state index is 0.482. The molecule has 0 aliphatic heterocycles. The van der Waals surface area contributed by atoms with Crippen molar-refractivity contribution in [3.63, 3.8) is 0 Å². The van der Waals surface area contributed by atoms with E-state index in [1.165, 1.54) is 28.4 Å². The first kappa shape index (κ1) is 27.2. The molecule has 0 N–H and O–H groups in total. The van der Waals surface area contributed by atoms with E-state index in [1.54, 1.807) is 6.08 Å². The Morgan fingerprint density at radius 2 is 1.28 bits per heavy atom. The van der Waals surface area contributed by atoms with E-state index >= 15 is 0 Å². The van der Waals surface area contributed by atoms with Crippen molar-refractivity contribution >= 4 is 12.4 Å². The maximum Gasteiger partial charge on any atom is 0.162 e. The molecule has 1 aromatic carbocycles. The summed E-state index contributed by atoms with van der Waals surface area (Å²) < 4.78 is 12.0. The molecule has 0 heterocycles. The molecule has 1 aromatic rings. The van der Waals surface area contributed by atoms with E-state index < -0.39 is 0 Å². The SMILES string of the molecule is CC(C)=CCC/C(C)=C/COc1ccc(C=CC=O)cc1OC/C=C(\C)CCC=C(C)C. The Morgan fingerprint density at radius 1 is 0.750 bits per heavy atom. The third-order valence-electron chi connectivity index (χ3n) is 4.86. The standard InChI is InChI=1S/C29H40O3/c1-23(2)10-7-12-25(5)17-20-31-28-16-15-27(14-9-19-30)22-29(28)32-21-18-26(6)13-8-11-24(3)4/h9-11,14-19,22H,7-8,12-13,20-21H2,1-6H3/b14-9?,25-17+,26-18+. The van der Waals surface area contributed by atoms with Gasteiger partial charge in [-0.2, -0.15) is 0 Å². The van der Waals surface area contributed by atoms with Crippen molar-refractivity contribution in [2.45, 2.75) is 67.2 Å². The second kappa shape index (κ2) is 15.9. The first-order chi connectivity index (χ1) is 15.3. The number of carbonyl (C=O) groups excluding carboxylic acids is 1. The van der Waals surface area contributed by atoms with Crippen LogP contribution in [0, 0.1) is 0 Å². The van der Waals surface area contributed by atoms with Gasteiger partial charge in [0.1, 0.15) is 19.5 Å². The molecule has 3 heteroatoms. The molecule has 1 rings (SSSR count). The molecule has 0 aliphatic rings. The van der Waals surface area contributed by atoms with Gasteiger partial charge in [-0.25, -0.2) is 0 Å². The summed E-state index contributed by atoms with van der Waals surface area (Å²) in [6, 6.07) is 5.73. The van der Waals surface area contributed by atoms with Crippen molar-refractivity contribution < 1.29 is 14.3 Å². The highest BCUT2D eigenvalue weighted by molar-refractivity contribution is 5.74. The third kappa shape index (κ3) is 12.8. The minimum absolute atomic E-state index is 0.482. The van der Waals surface area contributed by atoms with E-state index in [2.05, 4.69) is 65.8 Å². The molecule has 3 nitrogen and oxygen atoms in total. The van der Waals surface area contributed by atoms with Gasteiger partial charge in [0.05, 0.1) is 0 Å². The number of aldehydes is 1. The zero-order valence-electron chi connectivity index (χ0n) is 20.7. The Morgan fingerprint density at radius 3 is 1.78 bits per heavy atom. The average Bonchev–Trinajstić information content (AvgIpc) is 2.73. The van der Waals surface area contributed by atoms with Crippen molar-refractivity contribution in [2.75, 3.05) is 13.2 Å². The maximum atomic E-state index is 10.7. The number of ether oxygens (including phenoxy) is 2. The number of carbonyl (C=O) groups is 1. The third-order valence-corrected chi connectivity index (χ3v) is 4.86. The summed E-state index contributed by atoms with van der Waals surface area (Å²) in [4.78, 5) is 10.7. The molecule has 0 saturated carbocycles. The summed E-state index contributed by atoms with van der Waals surface area (Å²) in [5, 5.41) is 0. The number of hydrogen-bond acceptors (Lipinski definition) is 3. The second-order valence-corrected chi connectivity index (χ2v) is 8.56. The predicted octanol–water partition coefficient (Wildman–Crippen LogP) is 8.04. The molecular formula is C29H40O3. The summed E-state index contributed by atoms with van der Waals surface area (Å²) in [5.74, 6) is 1.39. The minimum Gasteiger partial charge on any atom is -0.486 e. The van der Waals surface area contributed by atoms with Crippen molar-refractivity contribution in [3.05, 3.63) is 76.4 Å². The highest BCUT2D eigenvalue weighted by Crippen LogP contribution is 2.29. The summed E-state index contributed by atoms with van der Waals surface area (Å²) in [5.41, 5.74) is 6.21. The van der Waals surface area contributed by atoms with Gasteiger partial charge in [-0.1, -0.05) is 46.6 Å². The average molecular weight is 437 g/mol. The van der Waals surface area contributed by atoms with Crippen LogP contribution >= 0.6 is 0 Å². The summed E-state index contributed by atoms with van der Waals surface area (Å²) >= 11 is 0. The molecule has 0 saturated heterocycles. The van der Waals surface area contributed by atoms with Crippen LogP contribution in [0.1, 0.15) is 72.8 Å². The quantitative estimate of drug-likeness (QED) is 0.168. The van der Waals surface area contributed by atoms with Crippen LogP contribution < -0.4 is 9.47 Å². The van der Waals surface area contributed by atoms with Crippen molar-refractivity contribution in [1.29, 1.82) is 0 Å². The number of benzene rings is 1. The normalized spacial score (nSPS) is 11.9. The predicted molar refractivity (Wildman–Crippen MR) is 137 cm³/mol. The summed E-state index contributed by atoms with van der Waals surface area (Å²) in [6.07, 6.45) is 16.9.